The normalized spacial score (nSPS) is 16.6. The third-order valence-corrected chi connectivity index (χ3v) is 5.83. The monoisotopic (exact) mass is 462 g/mol. The number of rotatable bonds is 9. The molecule has 0 atom stereocenters. The van der Waals surface area contributed by atoms with Crippen LogP contribution in [-0.4, -0.2) is 24.5 Å². The van der Waals surface area contributed by atoms with Crippen LogP contribution >= 0.6 is 0 Å². The van der Waals surface area contributed by atoms with Crippen LogP contribution in [-0.2, 0) is 22.3 Å². The summed E-state index contributed by atoms with van der Waals surface area (Å²) in [5.74, 6) is 0.129. The highest BCUT2D eigenvalue weighted by Gasteiger charge is 2.51. The molecule has 0 unspecified atom stereocenters. The molecule has 176 valence electrons. The number of carbonyl (C=O) groups excluding carboxylic acids is 2. The fraction of sp³-hybridized carbons (Fsp3) is 0.417. The van der Waals surface area contributed by atoms with Gasteiger partial charge in [0.05, 0.1) is 7.11 Å². The Morgan fingerprint density at radius 3 is 2.30 bits per heavy atom. The second-order valence-electron chi connectivity index (χ2n) is 8.57. The molecular weight excluding hydrogens is 437 g/mol. The lowest BCUT2D eigenvalue weighted by Gasteiger charge is -2.17. The molecule has 2 saturated carbocycles. The summed E-state index contributed by atoms with van der Waals surface area (Å²) >= 11 is 0. The zero-order valence-corrected chi connectivity index (χ0v) is 18.1. The maximum absolute atomic E-state index is 13.4. The molecular formula is C24H25F3N2O4. The minimum Gasteiger partial charge on any atom is -0.497 e. The summed E-state index contributed by atoms with van der Waals surface area (Å²) in [6.07, 6.45) is -0.747. The molecule has 2 aliphatic carbocycles. The van der Waals surface area contributed by atoms with Gasteiger partial charge in [0.2, 0.25) is 11.8 Å². The molecule has 2 aromatic rings. The number of hydrogen-bond donors (Lipinski definition) is 2. The Labute approximate surface area is 189 Å². The van der Waals surface area contributed by atoms with Gasteiger partial charge in [-0.3, -0.25) is 9.59 Å². The van der Waals surface area contributed by atoms with Crippen molar-refractivity contribution in [3.63, 3.8) is 0 Å². The van der Waals surface area contributed by atoms with Crippen LogP contribution in [0, 0.1) is 5.92 Å². The van der Waals surface area contributed by atoms with Gasteiger partial charge < -0.3 is 20.1 Å². The van der Waals surface area contributed by atoms with Crippen molar-refractivity contribution in [3.05, 3.63) is 53.6 Å². The average molecular weight is 462 g/mol. The van der Waals surface area contributed by atoms with Crippen LogP contribution in [0.2, 0.25) is 0 Å². The second-order valence-corrected chi connectivity index (χ2v) is 8.57. The summed E-state index contributed by atoms with van der Waals surface area (Å²) in [5, 5.41) is 5.69. The van der Waals surface area contributed by atoms with E-state index in [0.29, 0.717) is 25.2 Å². The predicted octanol–water partition coefficient (Wildman–Crippen LogP) is 4.57. The number of hydrogen-bond acceptors (Lipinski definition) is 4. The van der Waals surface area contributed by atoms with Crippen LogP contribution < -0.4 is 20.1 Å². The van der Waals surface area contributed by atoms with E-state index in [1.165, 1.54) is 31.4 Å². The van der Waals surface area contributed by atoms with Gasteiger partial charge in [0.15, 0.2) is 0 Å². The molecule has 2 aromatic carbocycles. The Hall–Kier alpha value is -3.23. The minimum atomic E-state index is -4.60. The number of amides is 2. The molecule has 2 fully saturated rings. The summed E-state index contributed by atoms with van der Waals surface area (Å²) in [6.45, 7) is 0.232. The van der Waals surface area contributed by atoms with E-state index in [1.54, 1.807) is 12.1 Å². The molecule has 0 radical (unpaired) electrons. The van der Waals surface area contributed by atoms with Crippen molar-refractivity contribution in [2.24, 2.45) is 5.92 Å². The molecule has 4 rings (SSSR count). The molecule has 0 heterocycles. The minimum absolute atomic E-state index is 0.0802. The van der Waals surface area contributed by atoms with Crippen molar-refractivity contribution >= 4 is 11.8 Å². The Kier molecular flexibility index (Phi) is 6.23. The second kappa shape index (κ2) is 8.96. The summed E-state index contributed by atoms with van der Waals surface area (Å²) in [5.41, 5.74) is -0.990. The predicted molar refractivity (Wildman–Crippen MR) is 114 cm³/mol. The first-order valence-corrected chi connectivity index (χ1v) is 10.8. The Balaban J connectivity index is 1.33. The molecule has 0 aliphatic heterocycles. The summed E-state index contributed by atoms with van der Waals surface area (Å²) in [4.78, 5) is 24.6. The molecule has 0 aromatic heterocycles. The van der Waals surface area contributed by atoms with Gasteiger partial charge in [-0.1, -0.05) is 12.1 Å². The number of ether oxygens (including phenoxy) is 2. The highest BCUT2D eigenvalue weighted by Crippen LogP contribution is 2.40. The van der Waals surface area contributed by atoms with E-state index >= 15 is 0 Å². The Morgan fingerprint density at radius 1 is 1.06 bits per heavy atom. The van der Waals surface area contributed by atoms with E-state index in [2.05, 4.69) is 10.6 Å². The smallest absolute Gasteiger partial charge is 0.420 e. The largest absolute Gasteiger partial charge is 0.497 e. The van der Waals surface area contributed by atoms with Crippen molar-refractivity contribution in [1.29, 1.82) is 0 Å². The lowest BCUT2D eigenvalue weighted by atomic mass is 10.1. The fourth-order valence-corrected chi connectivity index (χ4v) is 3.54. The Bertz CT molecular complexity index is 1030. The van der Waals surface area contributed by atoms with Crippen molar-refractivity contribution in [1.82, 2.24) is 10.6 Å². The first kappa shape index (κ1) is 22.9. The summed E-state index contributed by atoms with van der Waals surface area (Å²) in [7, 11) is 1.29. The van der Waals surface area contributed by atoms with Gasteiger partial charge in [-0.15, -0.1) is 0 Å². The van der Waals surface area contributed by atoms with Crippen LogP contribution in [0.5, 0.6) is 17.2 Å². The number of halogens is 3. The molecule has 6 nitrogen and oxygen atoms in total. The lowest BCUT2D eigenvalue weighted by molar-refractivity contribution is -0.138. The topological polar surface area (TPSA) is 76.7 Å². The highest BCUT2D eigenvalue weighted by atomic mass is 19.4. The maximum atomic E-state index is 13.4. The summed E-state index contributed by atoms with van der Waals surface area (Å²) < 4.78 is 50.4. The zero-order chi connectivity index (χ0) is 23.6. The lowest BCUT2D eigenvalue weighted by Crippen LogP contribution is -2.48. The van der Waals surface area contributed by atoms with E-state index in [4.69, 9.17) is 9.47 Å². The quantitative estimate of drug-likeness (QED) is 0.572. The van der Waals surface area contributed by atoms with Crippen molar-refractivity contribution in [2.75, 3.05) is 7.11 Å². The van der Waals surface area contributed by atoms with E-state index in [1.807, 2.05) is 0 Å². The van der Waals surface area contributed by atoms with Gasteiger partial charge in [-0.25, -0.2) is 0 Å². The SMILES string of the molecule is COc1ccc(Oc2ccc(CNC(=O)C3(NC(=O)CC4CC4)CC3)cc2)c(C(F)(F)F)c1. The highest BCUT2D eigenvalue weighted by molar-refractivity contribution is 5.94. The standard InChI is InChI=1S/C24H25F3N2O4/c1-32-18-8-9-20(19(13-18)24(25,26)27)33-17-6-4-16(5-7-17)14-28-22(31)23(10-11-23)29-21(30)12-15-2-3-15/h4-9,13,15H,2-3,10-12,14H2,1H3,(H,28,31)(H,29,30). The number of benzene rings is 2. The van der Waals surface area contributed by atoms with E-state index in [0.717, 1.165) is 24.5 Å². The van der Waals surface area contributed by atoms with Crippen molar-refractivity contribution in [3.8, 4) is 17.2 Å². The molecule has 0 saturated heterocycles. The van der Waals surface area contributed by atoms with E-state index in [-0.39, 0.29) is 35.6 Å². The van der Waals surface area contributed by atoms with Crippen LogP contribution in [0.15, 0.2) is 42.5 Å². The average Bonchev–Trinajstić information content (AvgIpc) is 3.70. The number of alkyl halides is 3. The molecule has 2 amide bonds. The number of methoxy groups -OCH3 is 1. The van der Waals surface area contributed by atoms with Gasteiger partial charge in [-0.2, -0.15) is 13.2 Å². The summed E-state index contributed by atoms with van der Waals surface area (Å²) in [6, 6.07) is 9.89. The first-order valence-electron chi connectivity index (χ1n) is 10.8. The maximum Gasteiger partial charge on any atom is 0.420 e. The van der Waals surface area contributed by atoms with Gasteiger partial charge >= 0.3 is 6.18 Å². The molecule has 2 N–H and O–H groups in total. The third-order valence-electron chi connectivity index (χ3n) is 5.83. The van der Waals surface area contributed by atoms with E-state index in [9.17, 15) is 22.8 Å². The number of carbonyl (C=O) groups is 2. The van der Waals surface area contributed by atoms with Crippen LogP contribution in [0.1, 0.15) is 43.2 Å². The zero-order valence-electron chi connectivity index (χ0n) is 18.1. The Morgan fingerprint density at radius 2 is 1.73 bits per heavy atom. The molecule has 2 aliphatic rings. The molecule has 9 heteroatoms. The van der Waals surface area contributed by atoms with Gasteiger partial charge in [0.25, 0.3) is 0 Å². The van der Waals surface area contributed by atoms with Gasteiger partial charge in [0.1, 0.15) is 28.4 Å². The van der Waals surface area contributed by atoms with Gasteiger partial charge in [-0.05, 0) is 67.5 Å². The van der Waals surface area contributed by atoms with Crippen molar-refractivity contribution in [2.45, 2.75) is 50.4 Å². The van der Waals surface area contributed by atoms with Crippen LogP contribution in [0.3, 0.4) is 0 Å². The molecule has 0 bridgehead atoms. The number of nitrogens with one attached hydrogen (secondary N) is 2. The van der Waals surface area contributed by atoms with Crippen molar-refractivity contribution < 1.29 is 32.2 Å². The molecule has 33 heavy (non-hydrogen) atoms. The van der Waals surface area contributed by atoms with Crippen LogP contribution in [0.4, 0.5) is 13.2 Å². The first-order chi connectivity index (χ1) is 15.7. The third kappa shape index (κ3) is 5.77. The van der Waals surface area contributed by atoms with Crippen LogP contribution in [0.25, 0.3) is 0 Å². The molecule has 0 spiro atoms. The van der Waals surface area contributed by atoms with E-state index < -0.39 is 17.3 Å². The fourth-order valence-electron chi connectivity index (χ4n) is 3.54. The van der Waals surface area contributed by atoms with Gasteiger partial charge in [0, 0.05) is 13.0 Å².